The van der Waals surface area contributed by atoms with Crippen LogP contribution in [0.2, 0.25) is 5.02 Å². The van der Waals surface area contributed by atoms with Crippen LogP contribution in [0, 0.1) is 5.92 Å². The summed E-state index contributed by atoms with van der Waals surface area (Å²) in [5, 5.41) is 19.9. The molecule has 1 amide bonds. The average molecular weight is 429 g/mol. The number of fused-ring (bicyclic) bond motifs is 1. The number of benzene rings is 1. The van der Waals surface area contributed by atoms with Gasteiger partial charge in [-0.2, -0.15) is 18.3 Å². The fourth-order valence-electron chi connectivity index (χ4n) is 2.43. The minimum absolute atomic E-state index is 0.229. The Morgan fingerprint density at radius 1 is 1.32 bits per heavy atom. The number of nitrogens with zero attached hydrogens (tertiary/aromatic N) is 1. The zero-order chi connectivity index (χ0) is 21.1. The number of hydrogen-bond acceptors (Lipinski definition) is 4. The maximum absolute atomic E-state index is 13.3. The van der Waals surface area contributed by atoms with E-state index in [2.05, 4.69) is 20.8 Å². The van der Waals surface area contributed by atoms with Crippen LogP contribution in [0.4, 0.5) is 27.6 Å². The number of rotatable bonds is 2. The van der Waals surface area contributed by atoms with Crippen molar-refractivity contribution in [1.82, 2.24) is 15.5 Å². The minimum atomic E-state index is -5.08. The number of aromatic amines is 1. The molecule has 28 heavy (non-hydrogen) atoms. The predicted molar refractivity (Wildman–Crippen MR) is 89.3 cm³/mol. The van der Waals surface area contributed by atoms with Crippen molar-refractivity contribution in [1.29, 1.82) is 0 Å². The van der Waals surface area contributed by atoms with Gasteiger partial charge in [0.25, 0.3) is 5.92 Å². The summed E-state index contributed by atoms with van der Waals surface area (Å²) in [5.41, 5.74) is 1.13. The third-order valence-corrected chi connectivity index (χ3v) is 4.16. The van der Waals surface area contributed by atoms with Gasteiger partial charge < -0.3 is 15.7 Å². The topological polar surface area (TPSA) is 107 Å². The number of H-pyrrole nitrogens is 1. The van der Waals surface area contributed by atoms with Gasteiger partial charge in [0.1, 0.15) is 0 Å². The summed E-state index contributed by atoms with van der Waals surface area (Å²) in [6.07, 6.45) is -4.00. The number of carbonyl (C=O) groups excluding carboxylic acids is 1. The monoisotopic (exact) mass is 428 g/mol. The third-order valence-electron chi connectivity index (χ3n) is 3.75. The Balaban J connectivity index is 0.000000345. The van der Waals surface area contributed by atoms with Crippen molar-refractivity contribution in [3.05, 3.63) is 23.4 Å². The van der Waals surface area contributed by atoms with Crippen molar-refractivity contribution in [3.63, 3.8) is 0 Å². The number of hydrogen-bond donors (Lipinski definition) is 4. The molecular formula is C15H14ClF5N4O3. The largest absolute Gasteiger partial charge is 0.490 e. The van der Waals surface area contributed by atoms with Crippen LogP contribution in [0.25, 0.3) is 10.9 Å². The zero-order valence-electron chi connectivity index (χ0n) is 13.9. The molecule has 1 aliphatic heterocycles. The summed E-state index contributed by atoms with van der Waals surface area (Å²) in [5.74, 6) is -6.87. The number of carboxylic acids is 1. The predicted octanol–water partition coefficient (Wildman–Crippen LogP) is 3.03. The fourth-order valence-corrected chi connectivity index (χ4v) is 2.69. The van der Waals surface area contributed by atoms with Crippen LogP contribution in [0.1, 0.15) is 6.42 Å². The van der Waals surface area contributed by atoms with Gasteiger partial charge in [0.2, 0.25) is 5.91 Å². The number of aliphatic carboxylic acids is 1. The van der Waals surface area contributed by atoms with Gasteiger partial charge in [-0.25, -0.2) is 13.6 Å². The molecule has 2 aromatic rings. The number of halogens is 6. The molecule has 0 radical (unpaired) electrons. The van der Waals surface area contributed by atoms with Crippen LogP contribution < -0.4 is 10.6 Å². The Bertz CT molecular complexity index is 871. The van der Waals surface area contributed by atoms with E-state index in [1.807, 2.05) is 0 Å². The lowest BCUT2D eigenvalue weighted by Crippen LogP contribution is -2.47. The summed E-state index contributed by atoms with van der Waals surface area (Å²) in [6.45, 7) is -0.161. The molecule has 0 saturated carbocycles. The van der Waals surface area contributed by atoms with E-state index in [4.69, 9.17) is 21.5 Å². The van der Waals surface area contributed by atoms with E-state index < -0.39 is 42.9 Å². The number of amides is 1. The van der Waals surface area contributed by atoms with E-state index in [-0.39, 0.29) is 6.54 Å². The van der Waals surface area contributed by atoms with Gasteiger partial charge >= 0.3 is 12.1 Å². The number of nitrogens with one attached hydrogen (secondary N) is 3. The van der Waals surface area contributed by atoms with Crippen molar-refractivity contribution in [2.24, 2.45) is 5.92 Å². The molecule has 1 saturated heterocycles. The molecule has 154 valence electrons. The molecule has 0 bridgehead atoms. The molecular weight excluding hydrogens is 415 g/mol. The lowest BCUT2D eigenvalue weighted by molar-refractivity contribution is -0.192. The first-order valence-corrected chi connectivity index (χ1v) is 8.09. The molecule has 0 spiro atoms. The van der Waals surface area contributed by atoms with Gasteiger partial charge in [-0.3, -0.25) is 9.89 Å². The second kappa shape index (κ2) is 8.27. The Morgan fingerprint density at radius 3 is 2.54 bits per heavy atom. The molecule has 1 fully saturated rings. The summed E-state index contributed by atoms with van der Waals surface area (Å²) in [4.78, 5) is 21.0. The number of carbonyl (C=O) groups is 2. The fraction of sp³-hybridized carbons (Fsp3) is 0.400. The highest BCUT2D eigenvalue weighted by molar-refractivity contribution is 6.38. The van der Waals surface area contributed by atoms with Gasteiger partial charge in [-0.05, 0) is 12.1 Å². The van der Waals surface area contributed by atoms with Gasteiger partial charge in [0.15, 0.2) is 0 Å². The standard InChI is InChI=1S/C13H13ClF2N4O.C2HF3O2/c14-11-8-5-18-20-9(8)1-2-10(11)19-12(21)7-3-13(15,16)6-17-4-7;3-2(4,5)1(6)7/h1-2,5,7,17H,3-4,6H2,(H,18,20)(H,19,21);(H,6,7). The molecule has 1 atom stereocenters. The number of anilines is 1. The van der Waals surface area contributed by atoms with Crippen LogP contribution in [-0.2, 0) is 9.59 Å². The molecule has 1 aromatic carbocycles. The summed E-state index contributed by atoms with van der Waals surface area (Å²) < 4.78 is 58.4. The highest BCUT2D eigenvalue weighted by Crippen LogP contribution is 2.31. The van der Waals surface area contributed by atoms with Crippen molar-refractivity contribution in [3.8, 4) is 0 Å². The molecule has 1 unspecified atom stereocenters. The Labute approximate surface area is 159 Å². The highest BCUT2D eigenvalue weighted by Gasteiger charge is 2.39. The zero-order valence-corrected chi connectivity index (χ0v) is 14.7. The van der Waals surface area contributed by atoms with Gasteiger partial charge in [-0.15, -0.1) is 0 Å². The van der Waals surface area contributed by atoms with E-state index in [9.17, 15) is 26.7 Å². The number of piperidine rings is 1. The van der Waals surface area contributed by atoms with Crippen LogP contribution in [0.15, 0.2) is 18.3 Å². The van der Waals surface area contributed by atoms with Gasteiger partial charge in [0.05, 0.1) is 34.9 Å². The molecule has 1 aliphatic rings. The summed E-state index contributed by atoms with van der Waals surface area (Å²) >= 11 is 6.18. The van der Waals surface area contributed by atoms with E-state index in [0.29, 0.717) is 16.1 Å². The minimum Gasteiger partial charge on any atom is -0.475 e. The third kappa shape index (κ3) is 5.52. The lowest BCUT2D eigenvalue weighted by atomic mass is 9.96. The quantitative estimate of drug-likeness (QED) is 0.550. The van der Waals surface area contributed by atoms with Crippen LogP contribution in [-0.4, -0.2) is 52.4 Å². The molecule has 13 heteroatoms. The molecule has 2 heterocycles. The smallest absolute Gasteiger partial charge is 0.475 e. The van der Waals surface area contributed by atoms with E-state index >= 15 is 0 Å². The Hall–Kier alpha value is -2.47. The summed E-state index contributed by atoms with van der Waals surface area (Å²) in [6, 6.07) is 3.34. The van der Waals surface area contributed by atoms with Gasteiger partial charge in [0, 0.05) is 18.4 Å². The summed E-state index contributed by atoms with van der Waals surface area (Å²) in [7, 11) is 0. The Kier molecular flexibility index (Phi) is 6.44. The first kappa shape index (κ1) is 21.8. The van der Waals surface area contributed by atoms with Crippen molar-refractivity contribution in [2.75, 3.05) is 18.4 Å². The van der Waals surface area contributed by atoms with Crippen LogP contribution in [0.3, 0.4) is 0 Å². The average Bonchev–Trinajstić information content (AvgIpc) is 3.05. The maximum atomic E-state index is 13.3. The number of aromatic nitrogens is 2. The first-order valence-electron chi connectivity index (χ1n) is 7.72. The number of alkyl halides is 5. The SMILES string of the molecule is O=C(Nc1ccc2[nH]ncc2c1Cl)C1CNCC(F)(F)C1.O=C(O)C(F)(F)F. The van der Waals surface area contributed by atoms with Crippen LogP contribution >= 0.6 is 11.6 Å². The van der Waals surface area contributed by atoms with Crippen LogP contribution in [0.5, 0.6) is 0 Å². The van der Waals surface area contributed by atoms with Crippen molar-refractivity contribution < 1.29 is 36.6 Å². The molecule has 0 aliphatic carbocycles. The second-order valence-electron chi connectivity index (χ2n) is 5.94. The molecule has 1 aromatic heterocycles. The first-order chi connectivity index (χ1) is 12.9. The molecule has 4 N–H and O–H groups in total. The normalized spacial score (nSPS) is 18.9. The number of carboxylic acid groups (broad SMARTS) is 1. The lowest BCUT2D eigenvalue weighted by Gasteiger charge is -2.29. The van der Waals surface area contributed by atoms with E-state index in [1.165, 1.54) is 0 Å². The highest BCUT2D eigenvalue weighted by atomic mass is 35.5. The van der Waals surface area contributed by atoms with Crippen molar-refractivity contribution >= 4 is 40.1 Å². The maximum Gasteiger partial charge on any atom is 0.490 e. The van der Waals surface area contributed by atoms with Crippen molar-refractivity contribution in [2.45, 2.75) is 18.5 Å². The van der Waals surface area contributed by atoms with Gasteiger partial charge in [-0.1, -0.05) is 11.6 Å². The molecule has 7 nitrogen and oxygen atoms in total. The van der Waals surface area contributed by atoms with E-state index in [0.717, 1.165) is 5.52 Å². The molecule has 3 rings (SSSR count). The second-order valence-corrected chi connectivity index (χ2v) is 6.32. The Morgan fingerprint density at radius 2 is 1.96 bits per heavy atom. The van der Waals surface area contributed by atoms with E-state index in [1.54, 1.807) is 18.3 Å².